The van der Waals surface area contributed by atoms with Gasteiger partial charge in [-0.1, -0.05) is 41.9 Å². The lowest BCUT2D eigenvalue weighted by molar-refractivity contribution is -0.118. The zero-order valence-electron chi connectivity index (χ0n) is 18.4. The molecule has 178 valence electrons. The molecule has 0 atom stereocenters. The topological polar surface area (TPSA) is 84.9 Å². The van der Waals surface area contributed by atoms with Gasteiger partial charge in [0.15, 0.2) is 6.61 Å². The Hall–Kier alpha value is -3.07. The van der Waals surface area contributed by atoms with Gasteiger partial charge < -0.3 is 14.8 Å². The second-order valence-electron chi connectivity index (χ2n) is 7.84. The minimum absolute atomic E-state index is 0.116. The minimum Gasteiger partial charge on any atom is -0.489 e. The summed E-state index contributed by atoms with van der Waals surface area (Å²) in [5.74, 6) is 0.554. The van der Waals surface area contributed by atoms with E-state index < -0.39 is 10.0 Å². The van der Waals surface area contributed by atoms with Gasteiger partial charge in [-0.2, -0.15) is 4.31 Å². The van der Waals surface area contributed by atoms with Crippen molar-refractivity contribution >= 4 is 33.2 Å². The van der Waals surface area contributed by atoms with Gasteiger partial charge in [0.25, 0.3) is 5.91 Å². The third-order valence-corrected chi connectivity index (χ3v) is 7.54. The highest BCUT2D eigenvalue weighted by Gasteiger charge is 2.27. The van der Waals surface area contributed by atoms with Crippen molar-refractivity contribution in [1.29, 1.82) is 0 Å². The SMILES string of the molecule is O=C(COc1ccc(S(=O)(=O)N2CCCC2)cc1Cl)Nc1ccc(OCc2ccccc2)cc1. The molecule has 0 saturated carbocycles. The summed E-state index contributed by atoms with van der Waals surface area (Å²) in [4.78, 5) is 12.4. The highest BCUT2D eigenvalue weighted by molar-refractivity contribution is 7.89. The van der Waals surface area contributed by atoms with Gasteiger partial charge in [0.05, 0.1) is 9.92 Å². The molecule has 4 rings (SSSR count). The molecule has 0 bridgehead atoms. The summed E-state index contributed by atoms with van der Waals surface area (Å²) >= 11 is 6.22. The van der Waals surface area contributed by atoms with Gasteiger partial charge in [0.2, 0.25) is 10.0 Å². The van der Waals surface area contributed by atoms with Crippen LogP contribution in [0, 0.1) is 0 Å². The van der Waals surface area contributed by atoms with E-state index in [9.17, 15) is 13.2 Å². The molecule has 1 aliphatic heterocycles. The number of anilines is 1. The number of carbonyl (C=O) groups excluding carboxylic acids is 1. The standard InChI is InChI=1S/C25H25ClN2O5S/c26-23-16-22(34(30,31)28-14-4-5-15-28)12-13-24(23)33-18-25(29)27-20-8-10-21(11-9-20)32-17-19-6-2-1-3-7-19/h1-3,6-13,16H,4-5,14-15,17-18H2,(H,27,29). The summed E-state index contributed by atoms with van der Waals surface area (Å²) in [6.07, 6.45) is 1.71. The Balaban J connectivity index is 1.28. The smallest absolute Gasteiger partial charge is 0.262 e. The predicted octanol–water partition coefficient (Wildman–Crippen LogP) is 4.72. The van der Waals surface area contributed by atoms with Crippen LogP contribution in [0.3, 0.4) is 0 Å². The molecule has 1 N–H and O–H groups in total. The Morgan fingerprint density at radius 2 is 1.65 bits per heavy atom. The molecule has 1 heterocycles. The summed E-state index contributed by atoms with van der Waals surface area (Å²) < 4.78 is 38.0. The van der Waals surface area contributed by atoms with Gasteiger partial charge in [-0.3, -0.25) is 4.79 Å². The zero-order valence-corrected chi connectivity index (χ0v) is 20.0. The number of rotatable bonds is 9. The highest BCUT2D eigenvalue weighted by atomic mass is 35.5. The number of halogens is 1. The van der Waals surface area contributed by atoms with Crippen LogP contribution in [0.15, 0.2) is 77.7 Å². The highest BCUT2D eigenvalue weighted by Crippen LogP contribution is 2.30. The first-order chi connectivity index (χ1) is 16.4. The number of nitrogens with zero attached hydrogens (tertiary/aromatic N) is 1. The fourth-order valence-electron chi connectivity index (χ4n) is 3.55. The van der Waals surface area contributed by atoms with Crippen LogP contribution in [-0.4, -0.2) is 38.3 Å². The van der Waals surface area contributed by atoms with Crippen molar-refractivity contribution in [3.05, 3.63) is 83.4 Å². The molecule has 1 fully saturated rings. The fourth-order valence-corrected chi connectivity index (χ4v) is 5.40. The Kier molecular flexibility index (Phi) is 7.72. The van der Waals surface area contributed by atoms with Crippen molar-refractivity contribution in [2.45, 2.75) is 24.3 Å². The number of carbonyl (C=O) groups is 1. The van der Waals surface area contributed by atoms with E-state index in [1.54, 1.807) is 24.3 Å². The van der Waals surface area contributed by atoms with Gasteiger partial charge in [-0.05, 0) is 60.9 Å². The van der Waals surface area contributed by atoms with Crippen molar-refractivity contribution in [2.24, 2.45) is 0 Å². The monoisotopic (exact) mass is 500 g/mol. The summed E-state index contributed by atoms with van der Waals surface area (Å²) in [5, 5.41) is 2.87. The normalized spacial score (nSPS) is 14.0. The van der Waals surface area contributed by atoms with Crippen LogP contribution in [0.2, 0.25) is 5.02 Å². The van der Waals surface area contributed by atoms with Crippen LogP contribution < -0.4 is 14.8 Å². The second kappa shape index (κ2) is 10.9. The quantitative estimate of drug-likeness (QED) is 0.459. The molecule has 3 aromatic rings. The first-order valence-electron chi connectivity index (χ1n) is 10.9. The molecule has 0 radical (unpaired) electrons. The predicted molar refractivity (Wildman–Crippen MR) is 131 cm³/mol. The van der Waals surface area contributed by atoms with Crippen LogP contribution in [0.1, 0.15) is 18.4 Å². The van der Waals surface area contributed by atoms with Gasteiger partial charge in [0, 0.05) is 18.8 Å². The first-order valence-corrected chi connectivity index (χ1v) is 12.7. The Labute approximate surface area is 204 Å². The Bertz CT molecular complexity index is 1230. The summed E-state index contributed by atoms with van der Waals surface area (Å²) in [6.45, 7) is 1.21. The van der Waals surface area contributed by atoms with E-state index in [-0.39, 0.29) is 28.2 Å². The molecular formula is C25H25ClN2O5S. The van der Waals surface area contributed by atoms with E-state index >= 15 is 0 Å². The van der Waals surface area contributed by atoms with Crippen molar-refractivity contribution in [3.63, 3.8) is 0 Å². The molecule has 1 aliphatic rings. The molecule has 0 spiro atoms. The molecule has 9 heteroatoms. The van der Waals surface area contributed by atoms with Gasteiger partial charge in [-0.25, -0.2) is 8.42 Å². The number of sulfonamides is 1. The number of hydrogen-bond donors (Lipinski definition) is 1. The first kappa shape index (κ1) is 24.1. The average molecular weight is 501 g/mol. The Morgan fingerprint density at radius 1 is 0.941 bits per heavy atom. The molecule has 0 aromatic heterocycles. The van der Waals surface area contributed by atoms with Crippen molar-refractivity contribution in [3.8, 4) is 11.5 Å². The number of amides is 1. The summed E-state index contributed by atoms with van der Waals surface area (Å²) in [6, 6.07) is 21.1. The molecule has 1 amide bonds. The molecule has 0 unspecified atom stereocenters. The largest absolute Gasteiger partial charge is 0.489 e. The van der Waals surface area contributed by atoms with Gasteiger partial charge in [0.1, 0.15) is 18.1 Å². The molecule has 34 heavy (non-hydrogen) atoms. The van der Waals surface area contributed by atoms with Crippen molar-refractivity contribution in [2.75, 3.05) is 25.0 Å². The van der Waals surface area contributed by atoms with E-state index in [1.165, 1.54) is 22.5 Å². The Morgan fingerprint density at radius 3 is 2.32 bits per heavy atom. The zero-order chi connectivity index (χ0) is 24.0. The number of hydrogen-bond acceptors (Lipinski definition) is 5. The fraction of sp³-hybridized carbons (Fsp3) is 0.240. The van der Waals surface area contributed by atoms with Crippen LogP contribution in [0.25, 0.3) is 0 Å². The number of benzene rings is 3. The third kappa shape index (κ3) is 6.08. The maximum Gasteiger partial charge on any atom is 0.262 e. The average Bonchev–Trinajstić information content (AvgIpc) is 3.40. The maximum absolute atomic E-state index is 12.7. The molecule has 0 aliphatic carbocycles. The van der Waals surface area contributed by atoms with Crippen LogP contribution in [0.4, 0.5) is 5.69 Å². The number of nitrogens with one attached hydrogen (secondary N) is 1. The lowest BCUT2D eigenvalue weighted by atomic mass is 10.2. The second-order valence-corrected chi connectivity index (χ2v) is 10.2. The van der Waals surface area contributed by atoms with Crippen LogP contribution in [0.5, 0.6) is 11.5 Å². The minimum atomic E-state index is -3.57. The molecule has 3 aromatic carbocycles. The van der Waals surface area contributed by atoms with Gasteiger partial charge in [-0.15, -0.1) is 0 Å². The summed E-state index contributed by atoms with van der Waals surface area (Å²) in [7, 11) is -3.57. The van der Waals surface area contributed by atoms with E-state index in [0.29, 0.717) is 31.1 Å². The van der Waals surface area contributed by atoms with Gasteiger partial charge >= 0.3 is 0 Å². The van der Waals surface area contributed by atoms with E-state index in [4.69, 9.17) is 21.1 Å². The van der Waals surface area contributed by atoms with Crippen molar-refractivity contribution in [1.82, 2.24) is 4.31 Å². The van der Waals surface area contributed by atoms with E-state index in [0.717, 1.165) is 18.4 Å². The summed E-state index contributed by atoms with van der Waals surface area (Å²) in [5.41, 5.74) is 1.66. The van der Waals surface area contributed by atoms with Crippen molar-refractivity contribution < 1.29 is 22.7 Å². The van der Waals surface area contributed by atoms with Crippen LogP contribution >= 0.6 is 11.6 Å². The molecule has 7 nitrogen and oxygen atoms in total. The lowest BCUT2D eigenvalue weighted by Crippen LogP contribution is -2.27. The van der Waals surface area contributed by atoms with E-state index in [2.05, 4.69) is 5.32 Å². The number of ether oxygens (including phenoxy) is 2. The molecule has 1 saturated heterocycles. The lowest BCUT2D eigenvalue weighted by Gasteiger charge is -2.16. The van der Waals surface area contributed by atoms with E-state index in [1.807, 2.05) is 30.3 Å². The third-order valence-electron chi connectivity index (χ3n) is 5.35. The maximum atomic E-state index is 12.7. The molecular weight excluding hydrogens is 476 g/mol. The van der Waals surface area contributed by atoms with Crippen LogP contribution in [-0.2, 0) is 21.4 Å².